The highest BCUT2D eigenvalue weighted by Gasteiger charge is 2.64. The summed E-state index contributed by atoms with van der Waals surface area (Å²) in [5, 5.41) is 3.59. The zero-order valence-electron chi connectivity index (χ0n) is 10.9. The molecule has 0 radical (unpaired) electrons. The van der Waals surface area contributed by atoms with Gasteiger partial charge in [0, 0.05) is 5.41 Å². The van der Waals surface area contributed by atoms with Crippen molar-refractivity contribution in [3.8, 4) is 0 Å². The Balaban J connectivity index is 2.14. The Morgan fingerprint density at radius 2 is 1.76 bits per heavy atom. The van der Waals surface area contributed by atoms with Crippen molar-refractivity contribution in [3.63, 3.8) is 0 Å². The molecule has 1 N–H and O–H groups in total. The van der Waals surface area contributed by atoms with E-state index >= 15 is 0 Å². The molecule has 2 nitrogen and oxygen atoms in total. The first kappa shape index (κ1) is 11.2. The van der Waals surface area contributed by atoms with Crippen molar-refractivity contribution in [2.75, 3.05) is 7.05 Å². The number of likely N-dealkylation sites (N-methyl/N-ethyl adjacent to an activating group) is 1. The van der Waals surface area contributed by atoms with Gasteiger partial charge in [-0.1, -0.05) is 44.2 Å². The summed E-state index contributed by atoms with van der Waals surface area (Å²) >= 11 is 0. The van der Waals surface area contributed by atoms with Crippen molar-refractivity contribution in [2.45, 2.75) is 44.4 Å². The number of benzene rings is 1. The standard InChI is InChI=1S/C15H21NO/c1-14(2)12-9-10-13(17-12)15(14,16-3)11-7-5-4-6-8-11/h4-8,12-13,16H,9-10H2,1-3H3/t12-,13+,15-/m1/s1. The minimum atomic E-state index is -0.0306. The third-order valence-corrected chi connectivity index (χ3v) is 4.95. The average Bonchev–Trinajstić information content (AvgIpc) is 2.88. The lowest BCUT2D eigenvalue weighted by atomic mass is 9.60. The van der Waals surface area contributed by atoms with Gasteiger partial charge in [-0.25, -0.2) is 0 Å². The largest absolute Gasteiger partial charge is 0.372 e. The third-order valence-electron chi connectivity index (χ3n) is 4.95. The molecule has 2 aliphatic heterocycles. The molecule has 1 aromatic rings. The lowest BCUT2D eigenvalue weighted by molar-refractivity contribution is 0.0732. The number of rotatable bonds is 2. The molecule has 2 saturated heterocycles. The van der Waals surface area contributed by atoms with Crippen LogP contribution in [0.25, 0.3) is 0 Å². The maximum Gasteiger partial charge on any atom is 0.0809 e. The summed E-state index contributed by atoms with van der Waals surface area (Å²) < 4.78 is 6.19. The molecule has 0 aromatic heterocycles. The van der Waals surface area contributed by atoms with Crippen LogP contribution in [0.15, 0.2) is 30.3 Å². The van der Waals surface area contributed by atoms with Crippen LogP contribution >= 0.6 is 0 Å². The first-order valence-electron chi connectivity index (χ1n) is 6.53. The lowest BCUT2D eigenvalue weighted by Crippen LogP contribution is -2.58. The monoisotopic (exact) mass is 231 g/mol. The summed E-state index contributed by atoms with van der Waals surface area (Å²) in [7, 11) is 2.07. The first-order valence-corrected chi connectivity index (χ1v) is 6.53. The molecule has 3 atom stereocenters. The number of nitrogens with one attached hydrogen (secondary N) is 1. The molecule has 2 bridgehead atoms. The SMILES string of the molecule is CN[C@]1(c2ccccc2)[C@@H]2CC[C@@H](O2)C1(C)C. The molecule has 2 heteroatoms. The average molecular weight is 231 g/mol. The second kappa shape index (κ2) is 3.56. The number of hydrogen-bond donors (Lipinski definition) is 1. The Morgan fingerprint density at radius 1 is 1.12 bits per heavy atom. The van der Waals surface area contributed by atoms with Crippen LogP contribution in [0, 0.1) is 5.41 Å². The van der Waals surface area contributed by atoms with E-state index in [2.05, 4.69) is 56.5 Å². The van der Waals surface area contributed by atoms with Gasteiger partial charge in [-0.15, -0.1) is 0 Å². The Labute approximate surface area is 103 Å². The fourth-order valence-corrected chi connectivity index (χ4v) is 4.04. The molecule has 17 heavy (non-hydrogen) atoms. The molecule has 0 unspecified atom stereocenters. The maximum absolute atomic E-state index is 6.19. The van der Waals surface area contributed by atoms with Crippen molar-refractivity contribution < 1.29 is 4.74 Å². The van der Waals surface area contributed by atoms with Gasteiger partial charge in [0.1, 0.15) is 0 Å². The molecular formula is C15H21NO. The van der Waals surface area contributed by atoms with Crippen LogP contribution in [0.1, 0.15) is 32.3 Å². The van der Waals surface area contributed by atoms with Gasteiger partial charge >= 0.3 is 0 Å². The zero-order chi connectivity index (χ0) is 12.1. The van der Waals surface area contributed by atoms with E-state index in [0.29, 0.717) is 12.2 Å². The minimum absolute atomic E-state index is 0.0306. The summed E-state index contributed by atoms with van der Waals surface area (Å²) in [6.07, 6.45) is 3.08. The molecule has 0 saturated carbocycles. The maximum atomic E-state index is 6.19. The van der Waals surface area contributed by atoms with Gasteiger partial charge in [0.05, 0.1) is 17.7 Å². The second-order valence-electron chi connectivity index (χ2n) is 5.84. The topological polar surface area (TPSA) is 21.3 Å². The number of fused-ring (bicyclic) bond motifs is 2. The van der Waals surface area contributed by atoms with Crippen LogP contribution in [0.3, 0.4) is 0 Å². The molecule has 2 heterocycles. The highest BCUT2D eigenvalue weighted by molar-refractivity contribution is 5.33. The Morgan fingerprint density at radius 3 is 2.29 bits per heavy atom. The van der Waals surface area contributed by atoms with E-state index in [1.54, 1.807) is 0 Å². The van der Waals surface area contributed by atoms with Gasteiger partial charge in [-0.3, -0.25) is 0 Å². The van der Waals surface area contributed by atoms with Crippen molar-refractivity contribution in [1.29, 1.82) is 0 Å². The van der Waals surface area contributed by atoms with E-state index in [1.165, 1.54) is 18.4 Å². The van der Waals surface area contributed by atoms with Crippen molar-refractivity contribution in [3.05, 3.63) is 35.9 Å². The van der Waals surface area contributed by atoms with Gasteiger partial charge in [0.2, 0.25) is 0 Å². The Hall–Kier alpha value is -0.860. The summed E-state index contributed by atoms with van der Waals surface area (Å²) in [5.41, 5.74) is 1.48. The fraction of sp³-hybridized carbons (Fsp3) is 0.600. The molecule has 3 rings (SSSR count). The van der Waals surface area contributed by atoms with Crippen LogP contribution in [0.4, 0.5) is 0 Å². The minimum Gasteiger partial charge on any atom is -0.372 e. The molecule has 2 aliphatic rings. The lowest BCUT2D eigenvalue weighted by Gasteiger charge is -2.47. The number of ether oxygens (including phenoxy) is 1. The van der Waals surface area contributed by atoms with E-state index in [-0.39, 0.29) is 11.0 Å². The van der Waals surface area contributed by atoms with Gasteiger partial charge < -0.3 is 10.1 Å². The smallest absolute Gasteiger partial charge is 0.0809 e. The van der Waals surface area contributed by atoms with Gasteiger partial charge in [-0.2, -0.15) is 0 Å². The van der Waals surface area contributed by atoms with Gasteiger partial charge in [0.25, 0.3) is 0 Å². The van der Waals surface area contributed by atoms with Crippen molar-refractivity contribution in [2.24, 2.45) is 5.41 Å². The molecule has 0 spiro atoms. The molecule has 0 aliphatic carbocycles. The summed E-state index contributed by atoms with van der Waals surface area (Å²) in [6, 6.07) is 10.8. The Kier molecular flexibility index (Phi) is 2.36. The molecular weight excluding hydrogens is 210 g/mol. The van der Waals surface area contributed by atoms with Gasteiger partial charge in [-0.05, 0) is 25.5 Å². The summed E-state index contributed by atoms with van der Waals surface area (Å²) in [5.74, 6) is 0. The van der Waals surface area contributed by atoms with Crippen molar-refractivity contribution >= 4 is 0 Å². The Bertz CT molecular complexity index is 414. The predicted molar refractivity (Wildman–Crippen MR) is 68.9 cm³/mol. The number of hydrogen-bond acceptors (Lipinski definition) is 2. The highest BCUT2D eigenvalue weighted by Crippen LogP contribution is 2.58. The molecule has 0 amide bonds. The van der Waals surface area contributed by atoms with E-state index in [0.717, 1.165) is 0 Å². The van der Waals surface area contributed by atoms with E-state index in [4.69, 9.17) is 4.74 Å². The third kappa shape index (κ3) is 1.23. The fourth-order valence-electron chi connectivity index (χ4n) is 4.04. The second-order valence-corrected chi connectivity index (χ2v) is 5.84. The van der Waals surface area contributed by atoms with E-state index < -0.39 is 0 Å². The summed E-state index contributed by atoms with van der Waals surface area (Å²) in [4.78, 5) is 0. The molecule has 1 aromatic carbocycles. The summed E-state index contributed by atoms with van der Waals surface area (Å²) in [6.45, 7) is 4.67. The normalized spacial score (nSPS) is 38.5. The van der Waals surface area contributed by atoms with Crippen LogP contribution in [0.5, 0.6) is 0 Å². The molecule has 2 fully saturated rings. The van der Waals surface area contributed by atoms with Gasteiger partial charge in [0.15, 0.2) is 0 Å². The zero-order valence-corrected chi connectivity index (χ0v) is 10.9. The van der Waals surface area contributed by atoms with Crippen LogP contribution < -0.4 is 5.32 Å². The van der Waals surface area contributed by atoms with Crippen LogP contribution in [0.2, 0.25) is 0 Å². The van der Waals surface area contributed by atoms with E-state index in [1.807, 2.05) is 0 Å². The quantitative estimate of drug-likeness (QED) is 0.845. The first-order chi connectivity index (χ1) is 8.13. The van der Waals surface area contributed by atoms with Crippen LogP contribution in [-0.2, 0) is 10.3 Å². The highest BCUT2D eigenvalue weighted by atomic mass is 16.5. The van der Waals surface area contributed by atoms with Crippen LogP contribution in [-0.4, -0.2) is 19.3 Å². The van der Waals surface area contributed by atoms with E-state index in [9.17, 15) is 0 Å². The van der Waals surface area contributed by atoms with Crippen molar-refractivity contribution in [1.82, 2.24) is 5.32 Å². The molecule has 92 valence electrons. The predicted octanol–water partition coefficient (Wildman–Crippen LogP) is 2.69.